The van der Waals surface area contributed by atoms with Crippen molar-refractivity contribution in [3.63, 3.8) is 0 Å². The molecule has 0 heterocycles. The number of nitrogens with zero attached hydrogens (tertiary/aromatic N) is 1. The van der Waals surface area contributed by atoms with Crippen LogP contribution in [0.3, 0.4) is 0 Å². The molecule has 0 amide bonds. The summed E-state index contributed by atoms with van der Waals surface area (Å²) in [6.45, 7) is 9.44. The molecule has 1 fully saturated rings. The number of rotatable bonds is 56. The van der Waals surface area contributed by atoms with Gasteiger partial charge in [0.1, 0.15) is 12.2 Å². The van der Waals surface area contributed by atoms with Gasteiger partial charge in [0, 0.05) is 32.6 Å². The monoisotopic (exact) mass is 994 g/mol. The number of hydrogen-bond donors (Lipinski definition) is 0. The Labute approximate surface area is 446 Å². The average molecular weight is 995 g/mol. The van der Waals surface area contributed by atoms with E-state index in [2.05, 4.69) is 63.1 Å². The molecule has 0 aliphatic heterocycles. The molecule has 4 heteroatoms. The average Bonchev–Trinajstić information content (AvgIpc) is 3.39. The second-order valence-electron chi connectivity index (χ2n) is 23.1. The fourth-order valence-electron chi connectivity index (χ4n) is 11.6. The highest BCUT2D eigenvalue weighted by molar-refractivity contribution is 5.46. The van der Waals surface area contributed by atoms with E-state index in [1.165, 1.54) is 301 Å². The first-order valence-corrected chi connectivity index (χ1v) is 32.9. The van der Waals surface area contributed by atoms with Crippen molar-refractivity contribution in [1.82, 2.24) is 0 Å². The van der Waals surface area contributed by atoms with Gasteiger partial charge in [-0.25, -0.2) is 0 Å². The summed E-state index contributed by atoms with van der Waals surface area (Å²) in [4.78, 5) is 2.50. The molecule has 0 aromatic heterocycles. The first kappa shape index (κ1) is 66.0. The molecule has 0 bridgehead atoms. The third-order valence-corrected chi connectivity index (χ3v) is 16.4. The molecule has 4 nitrogen and oxygen atoms in total. The number of likely N-dealkylation sites (N-methyl/N-ethyl adjacent to an activating group) is 1. The fourth-order valence-corrected chi connectivity index (χ4v) is 11.6. The van der Waals surface area contributed by atoms with E-state index in [4.69, 9.17) is 14.2 Å². The zero-order valence-electron chi connectivity index (χ0n) is 48.8. The Balaban J connectivity index is 1.80. The molecule has 1 saturated carbocycles. The number of benzene rings is 1. The molecule has 0 N–H and O–H groups in total. The standard InChI is InChI=1S/C67H127NO3/c1-5-8-11-14-17-20-23-26-29-32-35-38-41-44-47-53-60-69-65-59-58-64(68(4)63-56-51-50-52-57-63)66(70-61-54-48-45-42-39-36-33-30-27-24-21-18-15-12-9-6-2)67(65)71-62-55-49-46-43-40-37-34-31-28-25-22-19-16-13-10-7-3/h50-52,56-57,64-67H,5-49,53-55,58-62H2,1-4H3. The van der Waals surface area contributed by atoms with E-state index in [1.54, 1.807) is 0 Å². The van der Waals surface area contributed by atoms with Gasteiger partial charge in [0.2, 0.25) is 0 Å². The van der Waals surface area contributed by atoms with Crippen LogP contribution in [0.4, 0.5) is 5.69 Å². The van der Waals surface area contributed by atoms with E-state index in [-0.39, 0.29) is 24.4 Å². The summed E-state index contributed by atoms with van der Waals surface area (Å²) in [6.07, 6.45) is 69.2. The van der Waals surface area contributed by atoms with Gasteiger partial charge in [-0.15, -0.1) is 0 Å². The summed E-state index contributed by atoms with van der Waals surface area (Å²) < 4.78 is 21.0. The van der Waals surface area contributed by atoms with Crippen LogP contribution >= 0.6 is 0 Å². The van der Waals surface area contributed by atoms with E-state index < -0.39 is 0 Å². The molecule has 1 aliphatic rings. The fraction of sp³-hybridized carbons (Fsp3) is 0.910. The molecular formula is C67H127NO3. The van der Waals surface area contributed by atoms with Crippen LogP contribution in [0.25, 0.3) is 0 Å². The van der Waals surface area contributed by atoms with Gasteiger partial charge in [-0.2, -0.15) is 0 Å². The van der Waals surface area contributed by atoms with Crippen LogP contribution in [0.15, 0.2) is 30.3 Å². The van der Waals surface area contributed by atoms with E-state index in [0.29, 0.717) is 0 Å². The quantitative estimate of drug-likeness (QED) is 0.0609. The first-order chi connectivity index (χ1) is 35.2. The third-order valence-electron chi connectivity index (χ3n) is 16.4. The van der Waals surface area contributed by atoms with Crippen LogP contribution in [0.1, 0.15) is 342 Å². The van der Waals surface area contributed by atoms with E-state index >= 15 is 0 Å². The molecule has 1 aromatic carbocycles. The summed E-state index contributed by atoms with van der Waals surface area (Å²) in [5, 5.41) is 0. The molecule has 2 rings (SSSR count). The Kier molecular flexibility index (Phi) is 48.7. The van der Waals surface area contributed by atoms with Crippen molar-refractivity contribution in [3.8, 4) is 0 Å². The number of anilines is 1. The van der Waals surface area contributed by atoms with Gasteiger partial charge in [0.05, 0.1) is 12.1 Å². The van der Waals surface area contributed by atoms with Crippen molar-refractivity contribution in [2.75, 3.05) is 31.8 Å². The topological polar surface area (TPSA) is 30.9 Å². The van der Waals surface area contributed by atoms with E-state index in [1.807, 2.05) is 0 Å². The smallest absolute Gasteiger partial charge is 0.112 e. The zero-order valence-corrected chi connectivity index (χ0v) is 48.8. The van der Waals surface area contributed by atoms with Gasteiger partial charge >= 0.3 is 0 Å². The van der Waals surface area contributed by atoms with Gasteiger partial charge in [-0.1, -0.05) is 328 Å². The molecular weight excluding hydrogens is 867 g/mol. The van der Waals surface area contributed by atoms with Gasteiger partial charge < -0.3 is 19.1 Å². The SMILES string of the molecule is CCCCCCCCCCCCCCCCCCOC1CCC(N(C)c2ccccc2)C(OCCCCCCCCCCCCCCCCCC)C1OCCCCCCCCCCCCCCCCCC. The summed E-state index contributed by atoms with van der Waals surface area (Å²) in [6, 6.07) is 11.3. The molecule has 4 atom stereocenters. The summed E-state index contributed by atoms with van der Waals surface area (Å²) in [5.74, 6) is 0. The van der Waals surface area contributed by atoms with Crippen molar-refractivity contribution in [3.05, 3.63) is 30.3 Å². The van der Waals surface area contributed by atoms with Crippen LogP contribution < -0.4 is 4.90 Å². The molecule has 1 aliphatic carbocycles. The minimum absolute atomic E-state index is 0.0154. The van der Waals surface area contributed by atoms with E-state index in [0.717, 1.165) is 45.5 Å². The van der Waals surface area contributed by atoms with Crippen LogP contribution in [-0.4, -0.2) is 51.2 Å². The lowest BCUT2D eigenvalue weighted by atomic mass is 9.86. The molecule has 71 heavy (non-hydrogen) atoms. The van der Waals surface area contributed by atoms with E-state index in [9.17, 15) is 0 Å². The molecule has 1 aromatic rings. The Morgan fingerprint density at radius 1 is 0.310 bits per heavy atom. The minimum Gasteiger partial charge on any atom is -0.375 e. The normalized spacial score (nSPS) is 17.1. The summed E-state index contributed by atoms with van der Waals surface area (Å²) in [7, 11) is 2.29. The Hall–Kier alpha value is -1.10. The summed E-state index contributed by atoms with van der Waals surface area (Å²) >= 11 is 0. The van der Waals surface area contributed by atoms with Crippen LogP contribution in [0.2, 0.25) is 0 Å². The maximum absolute atomic E-state index is 7.07. The van der Waals surface area contributed by atoms with Crippen molar-refractivity contribution in [2.24, 2.45) is 0 Å². The van der Waals surface area contributed by atoms with Crippen molar-refractivity contribution in [2.45, 2.75) is 366 Å². The molecule has 0 spiro atoms. The highest BCUT2D eigenvalue weighted by Crippen LogP contribution is 2.33. The Morgan fingerprint density at radius 3 is 0.859 bits per heavy atom. The molecule has 418 valence electrons. The third kappa shape index (κ3) is 39.0. The van der Waals surface area contributed by atoms with Gasteiger partial charge in [0.25, 0.3) is 0 Å². The lowest BCUT2D eigenvalue weighted by Crippen LogP contribution is -2.58. The van der Waals surface area contributed by atoms with Gasteiger partial charge in [-0.05, 0) is 44.2 Å². The number of ether oxygens (including phenoxy) is 3. The lowest BCUT2D eigenvalue weighted by Gasteiger charge is -2.46. The predicted molar refractivity (Wildman–Crippen MR) is 316 cm³/mol. The molecule has 0 radical (unpaired) electrons. The highest BCUT2D eigenvalue weighted by atomic mass is 16.6. The highest BCUT2D eigenvalue weighted by Gasteiger charge is 2.43. The first-order valence-electron chi connectivity index (χ1n) is 32.9. The maximum atomic E-state index is 7.07. The number of unbranched alkanes of at least 4 members (excludes halogenated alkanes) is 45. The largest absolute Gasteiger partial charge is 0.375 e. The van der Waals surface area contributed by atoms with Gasteiger partial charge in [-0.3, -0.25) is 0 Å². The second kappa shape index (κ2) is 52.3. The van der Waals surface area contributed by atoms with Crippen LogP contribution in [0.5, 0.6) is 0 Å². The predicted octanol–water partition coefficient (Wildman–Crippen LogP) is 22.2. The lowest BCUT2D eigenvalue weighted by molar-refractivity contribution is -0.165. The number of hydrogen-bond acceptors (Lipinski definition) is 4. The van der Waals surface area contributed by atoms with Crippen molar-refractivity contribution in [1.29, 1.82) is 0 Å². The van der Waals surface area contributed by atoms with Crippen molar-refractivity contribution < 1.29 is 14.2 Å². The zero-order chi connectivity index (χ0) is 50.6. The van der Waals surface area contributed by atoms with Crippen LogP contribution in [-0.2, 0) is 14.2 Å². The minimum atomic E-state index is -0.0154. The summed E-state index contributed by atoms with van der Waals surface area (Å²) in [5.41, 5.74) is 1.28. The maximum Gasteiger partial charge on any atom is 0.112 e. The van der Waals surface area contributed by atoms with Crippen molar-refractivity contribution >= 4 is 5.69 Å². The number of para-hydroxylation sites is 1. The second-order valence-corrected chi connectivity index (χ2v) is 23.1. The Bertz CT molecular complexity index is 1160. The molecule has 0 saturated heterocycles. The molecule has 4 unspecified atom stereocenters. The Morgan fingerprint density at radius 2 is 0.563 bits per heavy atom. The van der Waals surface area contributed by atoms with Crippen LogP contribution in [0, 0.1) is 0 Å². The van der Waals surface area contributed by atoms with Gasteiger partial charge in [0.15, 0.2) is 0 Å².